The van der Waals surface area contributed by atoms with Crippen LogP contribution in [0.25, 0.3) is 0 Å². The first kappa shape index (κ1) is 23.9. The lowest BCUT2D eigenvalue weighted by atomic mass is 10.0. The molecule has 0 radical (unpaired) electrons. The molecule has 4 heteroatoms. The molecule has 0 heterocycles. The first-order valence-electron chi connectivity index (χ1n) is 10.5. The third-order valence-corrected chi connectivity index (χ3v) is 4.74. The third kappa shape index (κ3) is 14.9. The minimum atomic E-state index is -0.500. The molecule has 0 aromatic rings. The van der Waals surface area contributed by atoms with Crippen molar-refractivity contribution in [3.63, 3.8) is 0 Å². The highest BCUT2D eigenvalue weighted by atomic mass is 16.5. The van der Waals surface area contributed by atoms with Crippen LogP contribution in [0.5, 0.6) is 0 Å². The van der Waals surface area contributed by atoms with Gasteiger partial charge in [-0.25, -0.2) is 4.79 Å². The van der Waals surface area contributed by atoms with Gasteiger partial charge in [0.2, 0.25) is 5.91 Å². The van der Waals surface area contributed by atoms with Crippen molar-refractivity contribution in [1.29, 1.82) is 0 Å². The molecule has 148 valence electrons. The van der Waals surface area contributed by atoms with Crippen LogP contribution in [0.15, 0.2) is 0 Å². The second kappa shape index (κ2) is 17.8. The van der Waals surface area contributed by atoms with Crippen molar-refractivity contribution in [3.8, 4) is 0 Å². The van der Waals surface area contributed by atoms with Crippen molar-refractivity contribution in [1.82, 2.24) is 5.32 Å². The Labute approximate surface area is 155 Å². The van der Waals surface area contributed by atoms with Gasteiger partial charge in [0, 0.05) is 6.42 Å². The molecule has 25 heavy (non-hydrogen) atoms. The zero-order valence-electron chi connectivity index (χ0n) is 16.9. The molecule has 0 saturated carbocycles. The number of rotatable bonds is 17. The van der Waals surface area contributed by atoms with Gasteiger partial charge < -0.3 is 10.1 Å². The van der Waals surface area contributed by atoms with Gasteiger partial charge in [0.15, 0.2) is 0 Å². The summed E-state index contributed by atoms with van der Waals surface area (Å²) in [6, 6.07) is -0.500. The van der Waals surface area contributed by atoms with Crippen molar-refractivity contribution in [2.45, 2.75) is 116 Å². The summed E-state index contributed by atoms with van der Waals surface area (Å²) in [4.78, 5) is 23.2. The summed E-state index contributed by atoms with van der Waals surface area (Å²) in [5, 5.41) is 2.75. The van der Waals surface area contributed by atoms with E-state index in [1.165, 1.54) is 77.7 Å². The summed E-state index contributed by atoms with van der Waals surface area (Å²) >= 11 is 0. The minimum Gasteiger partial charge on any atom is -0.467 e. The van der Waals surface area contributed by atoms with Crippen LogP contribution >= 0.6 is 0 Å². The summed E-state index contributed by atoms with van der Waals surface area (Å²) in [6.07, 6.45) is 17.9. The number of hydrogen-bond acceptors (Lipinski definition) is 3. The molecule has 0 fully saturated rings. The van der Waals surface area contributed by atoms with Crippen LogP contribution in [-0.2, 0) is 14.3 Å². The SMILES string of the molecule is CCCCCCCCCCCCCCCC(=O)N[C@@H](CC)C(=O)OC. The van der Waals surface area contributed by atoms with Gasteiger partial charge in [-0.3, -0.25) is 4.79 Å². The van der Waals surface area contributed by atoms with Gasteiger partial charge in [-0.15, -0.1) is 0 Å². The monoisotopic (exact) mass is 355 g/mol. The van der Waals surface area contributed by atoms with Crippen LogP contribution in [0.2, 0.25) is 0 Å². The first-order valence-corrected chi connectivity index (χ1v) is 10.5. The molecule has 0 rings (SSSR count). The number of methoxy groups -OCH3 is 1. The molecule has 0 spiro atoms. The molecule has 0 aliphatic carbocycles. The zero-order valence-corrected chi connectivity index (χ0v) is 16.9. The average Bonchev–Trinajstić information content (AvgIpc) is 2.62. The van der Waals surface area contributed by atoms with Gasteiger partial charge in [0.1, 0.15) is 6.04 Å². The van der Waals surface area contributed by atoms with E-state index in [4.69, 9.17) is 0 Å². The van der Waals surface area contributed by atoms with E-state index in [9.17, 15) is 9.59 Å². The fourth-order valence-electron chi connectivity index (χ4n) is 3.04. The fourth-order valence-corrected chi connectivity index (χ4v) is 3.04. The number of esters is 1. The van der Waals surface area contributed by atoms with E-state index in [2.05, 4.69) is 17.0 Å². The lowest BCUT2D eigenvalue weighted by Gasteiger charge is -2.14. The molecule has 0 unspecified atom stereocenters. The molecule has 0 aromatic carbocycles. The second-order valence-electron chi connectivity index (χ2n) is 7.04. The zero-order chi connectivity index (χ0) is 18.8. The number of carbonyl (C=O) groups is 2. The normalized spacial score (nSPS) is 12.0. The topological polar surface area (TPSA) is 55.4 Å². The van der Waals surface area contributed by atoms with Crippen molar-refractivity contribution in [3.05, 3.63) is 0 Å². The Balaban J connectivity index is 3.37. The van der Waals surface area contributed by atoms with E-state index in [1.807, 2.05) is 6.92 Å². The summed E-state index contributed by atoms with van der Waals surface area (Å²) < 4.78 is 4.67. The number of ether oxygens (including phenoxy) is 1. The maximum Gasteiger partial charge on any atom is 0.328 e. The van der Waals surface area contributed by atoms with Crippen LogP contribution in [0, 0.1) is 0 Å². The van der Waals surface area contributed by atoms with Gasteiger partial charge in [0.25, 0.3) is 0 Å². The summed E-state index contributed by atoms with van der Waals surface area (Å²) in [6.45, 7) is 4.13. The van der Waals surface area contributed by atoms with Gasteiger partial charge >= 0.3 is 5.97 Å². The number of carbonyl (C=O) groups excluding carboxylic acids is 2. The van der Waals surface area contributed by atoms with E-state index in [1.54, 1.807) is 0 Å². The first-order chi connectivity index (χ1) is 12.2. The third-order valence-electron chi connectivity index (χ3n) is 4.74. The van der Waals surface area contributed by atoms with Crippen LogP contribution in [0.1, 0.15) is 110 Å². The molecular weight excluding hydrogens is 314 g/mol. The fraction of sp³-hybridized carbons (Fsp3) is 0.905. The predicted octanol–water partition coefficient (Wildman–Crippen LogP) is 5.54. The Morgan fingerprint density at radius 3 is 1.60 bits per heavy atom. The minimum absolute atomic E-state index is 0.0414. The van der Waals surface area contributed by atoms with Gasteiger partial charge in [0.05, 0.1) is 7.11 Å². The molecule has 1 amide bonds. The van der Waals surface area contributed by atoms with Crippen molar-refractivity contribution < 1.29 is 14.3 Å². The van der Waals surface area contributed by atoms with E-state index in [0.717, 1.165) is 12.8 Å². The number of amides is 1. The molecule has 0 bridgehead atoms. The number of nitrogens with one attached hydrogen (secondary N) is 1. The lowest BCUT2D eigenvalue weighted by Crippen LogP contribution is -2.40. The van der Waals surface area contributed by atoms with E-state index in [0.29, 0.717) is 12.8 Å². The quantitative estimate of drug-likeness (QED) is 0.275. The van der Waals surface area contributed by atoms with Crippen LogP contribution in [-0.4, -0.2) is 25.0 Å². The molecule has 0 aliphatic heterocycles. The molecular formula is C21H41NO3. The number of unbranched alkanes of at least 4 members (excludes halogenated alkanes) is 12. The molecule has 0 aromatic heterocycles. The van der Waals surface area contributed by atoms with Crippen molar-refractivity contribution >= 4 is 11.9 Å². The van der Waals surface area contributed by atoms with Crippen LogP contribution in [0.3, 0.4) is 0 Å². The van der Waals surface area contributed by atoms with E-state index in [-0.39, 0.29) is 11.9 Å². The van der Waals surface area contributed by atoms with Crippen molar-refractivity contribution in [2.24, 2.45) is 0 Å². The Morgan fingerprint density at radius 2 is 1.20 bits per heavy atom. The highest BCUT2D eigenvalue weighted by Gasteiger charge is 2.18. The van der Waals surface area contributed by atoms with E-state index >= 15 is 0 Å². The smallest absolute Gasteiger partial charge is 0.328 e. The van der Waals surface area contributed by atoms with Crippen LogP contribution in [0.4, 0.5) is 0 Å². The van der Waals surface area contributed by atoms with Gasteiger partial charge in [-0.2, -0.15) is 0 Å². The maximum absolute atomic E-state index is 11.8. The Bertz CT molecular complexity index is 331. The summed E-state index contributed by atoms with van der Waals surface area (Å²) in [5.74, 6) is -0.401. The molecule has 0 saturated heterocycles. The summed E-state index contributed by atoms with van der Waals surface area (Å²) in [7, 11) is 1.35. The highest BCUT2D eigenvalue weighted by Crippen LogP contribution is 2.13. The molecule has 4 nitrogen and oxygen atoms in total. The lowest BCUT2D eigenvalue weighted by molar-refractivity contribution is -0.145. The average molecular weight is 356 g/mol. The Hall–Kier alpha value is -1.06. The van der Waals surface area contributed by atoms with Crippen molar-refractivity contribution in [2.75, 3.05) is 7.11 Å². The maximum atomic E-state index is 11.8. The highest BCUT2D eigenvalue weighted by molar-refractivity contribution is 5.84. The Kier molecular flexibility index (Phi) is 17.0. The predicted molar refractivity (Wildman–Crippen MR) is 105 cm³/mol. The van der Waals surface area contributed by atoms with E-state index < -0.39 is 6.04 Å². The second-order valence-corrected chi connectivity index (χ2v) is 7.04. The largest absolute Gasteiger partial charge is 0.467 e. The van der Waals surface area contributed by atoms with Gasteiger partial charge in [-0.05, 0) is 12.8 Å². The summed E-state index contributed by atoms with van der Waals surface area (Å²) in [5.41, 5.74) is 0. The Morgan fingerprint density at radius 1 is 0.760 bits per heavy atom. The van der Waals surface area contributed by atoms with Crippen LogP contribution < -0.4 is 5.32 Å². The molecule has 0 aliphatic rings. The molecule has 1 atom stereocenters. The molecule has 1 N–H and O–H groups in total. The number of hydrogen-bond donors (Lipinski definition) is 1. The van der Waals surface area contributed by atoms with Gasteiger partial charge in [-0.1, -0.05) is 90.9 Å². The standard InChI is InChI=1S/C21H41NO3/c1-4-6-7-8-9-10-11-12-13-14-15-16-17-18-20(23)22-19(5-2)21(24)25-3/h19H,4-18H2,1-3H3,(H,22,23)/t19-/m0/s1.